The molecule has 1 aliphatic carbocycles. The quantitative estimate of drug-likeness (QED) is 0.568. The van der Waals surface area contributed by atoms with Crippen molar-refractivity contribution in [3.8, 4) is 0 Å². The molecular weight excluding hydrogens is 367 g/mol. The Morgan fingerprint density at radius 3 is 2.00 bits per heavy atom. The topological polar surface area (TPSA) is 17.1 Å². The van der Waals surface area contributed by atoms with Crippen LogP contribution in [0.2, 0.25) is 0 Å². The lowest BCUT2D eigenvalue weighted by Gasteiger charge is -2.28. The van der Waals surface area contributed by atoms with E-state index in [-0.39, 0.29) is 0 Å². The maximum absolute atomic E-state index is 14.8. The maximum atomic E-state index is 14.8. The lowest BCUT2D eigenvalue weighted by molar-refractivity contribution is 0.592. The fourth-order valence-corrected chi connectivity index (χ4v) is 7.73. The fraction of sp³-hybridized carbons (Fsp3) is 0.167. The van der Waals surface area contributed by atoms with Crippen LogP contribution in [0.3, 0.4) is 0 Å². The molecule has 1 unspecified atom stereocenters. The summed E-state index contributed by atoms with van der Waals surface area (Å²) in [6.07, 6.45) is 5.44. The zero-order valence-electron chi connectivity index (χ0n) is 15.6. The molecule has 0 aromatic heterocycles. The molecule has 0 heterocycles. The van der Waals surface area contributed by atoms with E-state index in [1.54, 1.807) is 11.8 Å². The molecule has 3 aromatic carbocycles. The summed E-state index contributed by atoms with van der Waals surface area (Å²) in [4.78, 5) is 1.24. The van der Waals surface area contributed by atoms with E-state index in [0.717, 1.165) is 22.3 Å². The molecule has 3 heteroatoms. The predicted molar refractivity (Wildman–Crippen MR) is 120 cm³/mol. The molecule has 3 aromatic rings. The van der Waals surface area contributed by atoms with E-state index < -0.39 is 7.14 Å². The van der Waals surface area contributed by atoms with E-state index >= 15 is 0 Å². The monoisotopic (exact) mass is 390 g/mol. The van der Waals surface area contributed by atoms with E-state index in [4.69, 9.17) is 0 Å². The minimum absolute atomic E-state index is 0.503. The maximum Gasteiger partial charge on any atom is 0.171 e. The third kappa shape index (κ3) is 3.22. The smallest absolute Gasteiger partial charge is 0.171 e. The molecule has 27 heavy (non-hydrogen) atoms. The molecule has 0 saturated carbocycles. The Hall–Kier alpha value is -2.02. The highest BCUT2D eigenvalue weighted by atomic mass is 32.2. The predicted octanol–water partition coefficient (Wildman–Crippen LogP) is 5.22. The number of rotatable bonds is 4. The first kappa shape index (κ1) is 18.3. The minimum Gasteiger partial charge on any atom is -0.309 e. The van der Waals surface area contributed by atoms with Crippen molar-refractivity contribution in [3.05, 3.63) is 96.1 Å². The SMILES string of the molecule is CSC1=CC(C)Cc2cccc(P(=O)(c3ccccc3)c3ccccc3)c21. The van der Waals surface area contributed by atoms with Gasteiger partial charge in [-0.2, -0.15) is 0 Å². The summed E-state index contributed by atoms with van der Waals surface area (Å²) in [6, 6.07) is 26.2. The van der Waals surface area contributed by atoms with Gasteiger partial charge in [-0.15, -0.1) is 11.8 Å². The summed E-state index contributed by atoms with van der Waals surface area (Å²) in [5.74, 6) is 0.503. The molecule has 1 atom stereocenters. The van der Waals surface area contributed by atoms with Gasteiger partial charge in [-0.3, -0.25) is 0 Å². The molecule has 0 spiro atoms. The Balaban J connectivity index is 2.04. The van der Waals surface area contributed by atoms with Crippen molar-refractivity contribution in [3.63, 3.8) is 0 Å². The van der Waals surface area contributed by atoms with E-state index in [0.29, 0.717) is 5.92 Å². The first-order valence-electron chi connectivity index (χ1n) is 9.24. The Bertz CT molecular complexity index is 981. The van der Waals surface area contributed by atoms with Crippen LogP contribution in [0.1, 0.15) is 18.1 Å². The summed E-state index contributed by atoms with van der Waals surface area (Å²) in [5.41, 5.74) is 2.48. The largest absolute Gasteiger partial charge is 0.309 e. The molecule has 0 fully saturated rings. The zero-order valence-corrected chi connectivity index (χ0v) is 17.3. The van der Waals surface area contributed by atoms with Crippen molar-refractivity contribution >= 4 is 39.7 Å². The molecule has 1 aliphatic rings. The highest BCUT2D eigenvalue weighted by Crippen LogP contribution is 2.47. The summed E-state index contributed by atoms with van der Waals surface area (Å²) in [6.45, 7) is 2.25. The first-order chi connectivity index (χ1) is 13.1. The van der Waals surface area contributed by atoms with E-state index in [2.05, 4.69) is 37.5 Å². The second-order valence-corrected chi connectivity index (χ2v) is 10.6. The van der Waals surface area contributed by atoms with Crippen molar-refractivity contribution in [1.29, 1.82) is 0 Å². The molecule has 4 rings (SSSR count). The van der Waals surface area contributed by atoms with Gasteiger partial charge in [-0.1, -0.05) is 91.9 Å². The van der Waals surface area contributed by atoms with Crippen LogP contribution in [0.5, 0.6) is 0 Å². The van der Waals surface area contributed by atoms with Gasteiger partial charge in [-0.05, 0) is 24.2 Å². The summed E-state index contributed by atoms with van der Waals surface area (Å²) in [7, 11) is -2.96. The fourth-order valence-electron chi connectivity index (χ4n) is 3.92. The highest BCUT2D eigenvalue weighted by Gasteiger charge is 2.34. The highest BCUT2D eigenvalue weighted by molar-refractivity contribution is 8.07. The Morgan fingerprint density at radius 2 is 1.44 bits per heavy atom. The van der Waals surface area contributed by atoms with Crippen LogP contribution in [-0.2, 0) is 11.0 Å². The normalized spacial score (nSPS) is 16.5. The van der Waals surface area contributed by atoms with Crippen LogP contribution in [0.25, 0.3) is 4.91 Å². The van der Waals surface area contributed by atoms with Gasteiger partial charge >= 0.3 is 0 Å². The van der Waals surface area contributed by atoms with Crippen LogP contribution < -0.4 is 15.9 Å². The Morgan fingerprint density at radius 1 is 0.852 bits per heavy atom. The third-order valence-electron chi connectivity index (χ3n) is 5.15. The summed E-state index contributed by atoms with van der Waals surface area (Å²) >= 11 is 1.75. The van der Waals surface area contributed by atoms with E-state index in [1.165, 1.54) is 16.0 Å². The Labute approximate surface area is 165 Å². The standard InChI is InChI=1S/C24H23OPS/c1-18-16-19-10-9-15-22(24(19)23(17-18)27-2)26(25,20-11-5-3-6-12-20)21-13-7-4-8-14-21/h3-15,17-18H,16H2,1-2H3. The number of hydrogen-bond acceptors (Lipinski definition) is 2. The van der Waals surface area contributed by atoms with Gasteiger partial charge in [-0.25, -0.2) is 0 Å². The van der Waals surface area contributed by atoms with Gasteiger partial charge in [0.15, 0.2) is 7.14 Å². The number of thioether (sulfide) groups is 1. The molecule has 0 saturated heterocycles. The van der Waals surface area contributed by atoms with Crippen molar-refractivity contribution in [2.75, 3.05) is 6.26 Å². The molecule has 0 N–H and O–H groups in total. The van der Waals surface area contributed by atoms with Gasteiger partial charge in [0.05, 0.1) is 0 Å². The second-order valence-electron chi connectivity index (χ2n) is 7.01. The zero-order chi connectivity index (χ0) is 18.9. The molecular formula is C24H23OPS. The van der Waals surface area contributed by atoms with Crippen molar-refractivity contribution in [2.24, 2.45) is 5.92 Å². The number of allylic oxidation sites excluding steroid dienone is 1. The number of benzene rings is 3. The van der Waals surface area contributed by atoms with Gasteiger partial charge in [0.2, 0.25) is 0 Å². The van der Waals surface area contributed by atoms with Crippen LogP contribution in [0.4, 0.5) is 0 Å². The molecule has 0 bridgehead atoms. The van der Waals surface area contributed by atoms with E-state index in [9.17, 15) is 4.57 Å². The molecule has 0 radical (unpaired) electrons. The summed E-state index contributed by atoms with van der Waals surface area (Å²) in [5, 5.41) is 2.75. The second kappa shape index (κ2) is 7.54. The van der Waals surface area contributed by atoms with Crippen LogP contribution in [-0.4, -0.2) is 6.26 Å². The third-order valence-corrected chi connectivity index (χ3v) is 9.03. The Kier molecular flexibility index (Phi) is 5.12. The minimum atomic E-state index is -2.96. The molecule has 0 aliphatic heterocycles. The van der Waals surface area contributed by atoms with Crippen molar-refractivity contribution in [1.82, 2.24) is 0 Å². The van der Waals surface area contributed by atoms with E-state index in [1.807, 2.05) is 60.7 Å². The van der Waals surface area contributed by atoms with Crippen LogP contribution in [0, 0.1) is 5.92 Å². The molecule has 0 amide bonds. The molecule has 136 valence electrons. The number of fused-ring (bicyclic) bond motifs is 1. The van der Waals surface area contributed by atoms with Crippen LogP contribution in [0.15, 0.2) is 84.9 Å². The number of hydrogen-bond donors (Lipinski definition) is 0. The first-order valence-corrected chi connectivity index (χ1v) is 12.2. The average Bonchev–Trinajstić information content (AvgIpc) is 2.73. The van der Waals surface area contributed by atoms with Gasteiger partial charge in [0.25, 0.3) is 0 Å². The lowest BCUT2D eigenvalue weighted by Crippen LogP contribution is -2.28. The average molecular weight is 390 g/mol. The van der Waals surface area contributed by atoms with Gasteiger partial charge in [0.1, 0.15) is 0 Å². The van der Waals surface area contributed by atoms with Crippen LogP contribution >= 0.6 is 18.9 Å². The van der Waals surface area contributed by atoms with Crippen molar-refractivity contribution < 1.29 is 4.57 Å². The summed E-state index contributed by atoms with van der Waals surface area (Å²) < 4.78 is 14.8. The lowest BCUT2D eigenvalue weighted by atomic mass is 9.90. The van der Waals surface area contributed by atoms with Gasteiger partial charge in [0, 0.05) is 26.4 Å². The molecule has 1 nitrogen and oxygen atoms in total. The van der Waals surface area contributed by atoms with Crippen molar-refractivity contribution in [2.45, 2.75) is 13.3 Å². The van der Waals surface area contributed by atoms with Gasteiger partial charge < -0.3 is 4.57 Å².